The first-order chi connectivity index (χ1) is 2.45. The van der Waals surface area contributed by atoms with E-state index in [1.165, 1.54) is 0 Å². The van der Waals surface area contributed by atoms with Gasteiger partial charge in [-0.05, 0) is 0 Å². The Balaban J connectivity index is -0.0000000600. The van der Waals surface area contributed by atoms with Crippen LogP contribution in [0.4, 0.5) is 0 Å². The molecule has 0 saturated carbocycles. The van der Waals surface area contributed by atoms with Crippen LogP contribution < -0.4 is 88.7 Å². The van der Waals surface area contributed by atoms with Gasteiger partial charge in [-0.15, -0.1) is 0 Å². The number of halogens is 6. The molecule has 0 unspecified atom stereocenters. The summed E-state index contributed by atoms with van der Waals surface area (Å²) >= 11 is 0. The van der Waals surface area contributed by atoms with Crippen molar-refractivity contribution in [1.82, 2.24) is 0 Å². The predicted molar refractivity (Wildman–Crippen MR) is 35.1 cm³/mol. The van der Waals surface area contributed by atoms with Gasteiger partial charge in [0.05, 0.1) is 0 Å². The zero-order valence-corrected chi connectivity index (χ0v) is 17.9. The smallest absolute Gasteiger partial charge is 1.00 e. The van der Waals surface area contributed by atoms with Crippen molar-refractivity contribution in [3.8, 4) is 0 Å². The Labute approximate surface area is 149 Å². The standard InChI is InChI=1S/6ClH.3Na.Ru/h6*1H;;;;/q;;;;;;3*+1;+3/p-6. The van der Waals surface area contributed by atoms with E-state index in [0.29, 0.717) is 0 Å². The predicted octanol–water partition coefficient (Wildman–Crippen LogP) is -4.85. The molecule has 0 aromatic rings. The summed E-state index contributed by atoms with van der Waals surface area (Å²) in [5.41, 5.74) is 0. The largest absolute Gasteiger partial charge is 1.00 e. The average molecular weight is 383 g/mol. The Morgan fingerprint density at radius 1 is 0.500 bits per heavy atom. The van der Waals surface area contributed by atoms with E-state index in [1.54, 1.807) is 0 Å². The molecule has 0 atom stereocenters. The van der Waals surface area contributed by atoms with Crippen LogP contribution in [-0.4, -0.2) is 0 Å². The molecule has 0 spiro atoms. The van der Waals surface area contributed by atoms with Gasteiger partial charge in [0.1, 0.15) is 0 Å². The maximum atomic E-state index is 5.04. The van der Waals surface area contributed by atoms with E-state index in [4.69, 9.17) is 58.1 Å². The SMILES string of the molecule is [Cl][Ru-3]([Cl])([Cl])([Cl])([Cl])[Cl].[Na+].[Na+].[Na+]. The van der Waals surface area contributed by atoms with Gasteiger partial charge in [-0.1, -0.05) is 0 Å². The molecule has 0 aliphatic rings. The molecule has 0 aromatic heterocycles. The Kier molecular flexibility index (Phi) is 15.2. The summed E-state index contributed by atoms with van der Waals surface area (Å²) < 4.78 is 0. The van der Waals surface area contributed by atoms with Gasteiger partial charge in [0, 0.05) is 0 Å². The van der Waals surface area contributed by atoms with Crippen LogP contribution >= 0.6 is 58.1 Å². The Morgan fingerprint density at radius 3 is 0.500 bits per heavy atom. The summed E-state index contributed by atoms with van der Waals surface area (Å²) in [6, 6.07) is 0. The normalized spacial score (nSPS) is 16.2. The zero-order chi connectivity index (χ0) is 6.41. The molecule has 0 aliphatic carbocycles. The number of hydrogen-bond donors (Lipinski definition) is 0. The summed E-state index contributed by atoms with van der Waals surface area (Å²) in [7, 11) is 30.3. The van der Waals surface area contributed by atoms with Crippen molar-refractivity contribution in [2.24, 2.45) is 0 Å². The molecule has 0 amide bonds. The third kappa shape index (κ3) is 71.0. The molecule has 53 valence electrons. The van der Waals surface area contributed by atoms with Crippen LogP contribution in [0.5, 0.6) is 0 Å². The van der Waals surface area contributed by atoms with Crippen LogP contribution in [-0.2, 0) is 6.48 Å². The van der Waals surface area contributed by atoms with E-state index in [2.05, 4.69) is 0 Å². The Bertz CT molecular complexity index is 71.6. The zero-order valence-electron chi connectivity index (χ0n) is 5.62. The van der Waals surface area contributed by atoms with E-state index in [-0.39, 0.29) is 88.7 Å². The molecule has 0 heterocycles. The first-order valence-corrected chi connectivity index (χ1v) is 14.2. The van der Waals surface area contributed by atoms with Gasteiger partial charge in [0.2, 0.25) is 0 Å². The van der Waals surface area contributed by atoms with E-state index in [9.17, 15) is 0 Å². The van der Waals surface area contributed by atoms with Crippen molar-refractivity contribution < 1.29 is 95.2 Å². The molecule has 0 nitrogen and oxygen atoms in total. The second-order valence-electron chi connectivity index (χ2n) is 0.758. The quantitative estimate of drug-likeness (QED) is 0.369. The molecule has 0 saturated heterocycles. The van der Waals surface area contributed by atoms with Crippen LogP contribution in [0.15, 0.2) is 0 Å². The second-order valence-corrected chi connectivity index (χ2v) is 40.3. The third-order valence-electron chi connectivity index (χ3n) is 0. The molecule has 0 aliphatic heterocycles. The van der Waals surface area contributed by atoms with Crippen LogP contribution in [0.3, 0.4) is 0 Å². The van der Waals surface area contributed by atoms with Crippen molar-refractivity contribution in [2.75, 3.05) is 0 Å². The monoisotopic (exact) mass is 381 g/mol. The van der Waals surface area contributed by atoms with Gasteiger partial charge < -0.3 is 0 Å². The fraction of sp³-hybridized carbons (Fsp3) is 0. The van der Waals surface area contributed by atoms with E-state index in [1.807, 2.05) is 0 Å². The van der Waals surface area contributed by atoms with Crippen LogP contribution in [0.1, 0.15) is 0 Å². The maximum absolute atomic E-state index is 5.22. The van der Waals surface area contributed by atoms with Gasteiger partial charge in [-0.25, -0.2) is 0 Å². The minimum absolute atomic E-state index is 0. The third-order valence-corrected chi connectivity index (χ3v) is 0. The van der Waals surface area contributed by atoms with Crippen LogP contribution in [0, 0.1) is 0 Å². The summed E-state index contributed by atoms with van der Waals surface area (Å²) in [4.78, 5) is 0. The van der Waals surface area contributed by atoms with Crippen molar-refractivity contribution in [2.45, 2.75) is 0 Å². The topological polar surface area (TPSA) is 0 Å². The first kappa shape index (κ1) is 24.5. The minimum Gasteiger partial charge on any atom is 1.00 e. The molecule has 10 heteroatoms. The van der Waals surface area contributed by atoms with Crippen molar-refractivity contribution in [3.05, 3.63) is 0 Å². The molecule has 0 radical (unpaired) electrons. The van der Waals surface area contributed by atoms with Crippen molar-refractivity contribution in [3.63, 3.8) is 0 Å². The van der Waals surface area contributed by atoms with Gasteiger partial charge in [0.25, 0.3) is 0 Å². The molecule has 10 heavy (non-hydrogen) atoms. The molecular formula is Cl6Na3Ru. The second kappa shape index (κ2) is 6.19. The van der Waals surface area contributed by atoms with Crippen LogP contribution in [0.25, 0.3) is 0 Å². The Morgan fingerprint density at radius 2 is 0.500 bits per heavy atom. The first-order valence-electron chi connectivity index (χ1n) is 0.802. The molecular weight excluding hydrogens is 383 g/mol. The number of rotatable bonds is 0. The molecule has 0 aromatic carbocycles. The summed E-state index contributed by atoms with van der Waals surface area (Å²) in [6.07, 6.45) is 0. The van der Waals surface area contributed by atoms with E-state index >= 15 is 0 Å². The molecule has 0 fully saturated rings. The van der Waals surface area contributed by atoms with Gasteiger partial charge in [-0.3, -0.25) is 0 Å². The molecule has 0 bridgehead atoms. The van der Waals surface area contributed by atoms with E-state index < -0.39 is 6.48 Å². The Hall–Kier alpha value is 5.36. The fourth-order valence-electron chi connectivity index (χ4n) is 0. The van der Waals surface area contributed by atoms with Crippen molar-refractivity contribution >= 4 is 58.1 Å². The van der Waals surface area contributed by atoms with E-state index in [0.717, 1.165) is 0 Å². The molecule has 0 rings (SSSR count). The fourth-order valence-corrected chi connectivity index (χ4v) is 0. The summed E-state index contributed by atoms with van der Waals surface area (Å²) in [5.74, 6) is 0. The summed E-state index contributed by atoms with van der Waals surface area (Å²) in [6.45, 7) is -5.22. The van der Waals surface area contributed by atoms with Crippen molar-refractivity contribution in [1.29, 1.82) is 0 Å². The van der Waals surface area contributed by atoms with Gasteiger partial charge >= 0.3 is 153 Å². The number of hydrogen-bond acceptors (Lipinski definition) is 0. The summed E-state index contributed by atoms with van der Waals surface area (Å²) in [5, 5.41) is 0. The minimum atomic E-state index is -5.22. The maximum Gasteiger partial charge on any atom is 1.00 e. The average Bonchev–Trinajstić information content (AvgIpc) is 0.592. The van der Waals surface area contributed by atoms with Gasteiger partial charge in [0.15, 0.2) is 0 Å². The van der Waals surface area contributed by atoms with Crippen LogP contribution in [0.2, 0.25) is 0 Å². The molecule has 0 N–H and O–H groups in total. The van der Waals surface area contributed by atoms with Gasteiger partial charge in [-0.2, -0.15) is 0 Å².